The van der Waals surface area contributed by atoms with Gasteiger partial charge in [-0.05, 0) is 24.6 Å². The summed E-state index contributed by atoms with van der Waals surface area (Å²) in [6.07, 6.45) is 2.68. The molecule has 7 nitrogen and oxygen atoms in total. The van der Waals surface area contributed by atoms with Gasteiger partial charge in [-0.15, -0.1) is 10.2 Å². The zero-order chi connectivity index (χ0) is 16.7. The number of carbonyl (C=O) groups is 1. The number of likely N-dealkylation sites (tertiary alicyclic amines) is 1. The normalized spacial score (nSPS) is 19.3. The van der Waals surface area contributed by atoms with Gasteiger partial charge in [0.1, 0.15) is 12.2 Å². The van der Waals surface area contributed by atoms with Crippen molar-refractivity contribution in [1.82, 2.24) is 19.7 Å². The molecule has 1 aromatic carbocycles. The molecule has 0 N–H and O–H groups in total. The largest absolute Gasteiger partial charge is 0.454 e. The van der Waals surface area contributed by atoms with E-state index in [2.05, 4.69) is 28.6 Å². The predicted octanol–water partition coefficient (Wildman–Crippen LogP) is 2.22. The average Bonchev–Trinajstić information content (AvgIpc) is 3.30. The Balaban J connectivity index is 1.50. The van der Waals surface area contributed by atoms with Crippen LogP contribution < -0.4 is 9.47 Å². The second-order valence-electron chi connectivity index (χ2n) is 6.51. The Morgan fingerprint density at radius 2 is 2.12 bits per heavy atom. The maximum atomic E-state index is 12.8. The van der Waals surface area contributed by atoms with E-state index in [1.165, 1.54) is 0 Å². The van der Waals surface area contributed by atoms with Crippen molar-refractivity contribution < 1.29 is 14.3 Å². The van der Waals surface area contributed by atoms with Crippen LogP contribution in [0, 0.1) is 0 Å². The van der Waals surface area contributed by atoms with Gasteiger partial charge in [-0.3, -0.25) is 4.79 Å². The number of fused-ring (bicyclic) bond motifs is 1. The average molecular weight is 328 g/mol. The molecule has 4 rings (SSSR count). The first-order valence-electron chi connectivity index (χ1n) is 8.22. The van der Waals surface area contributed by atoms with Crippen LogP contribution >= 0.6 is 0 Å². The summed E-state index contributed by atoms with van der Waals surface area (Å²) in [4.78, 5) is 14.7. The van der Waals surface area contributed by atoms with E-state index in [4.69, 9.17) is 9.47 Å². The monoisotopic (exact) mass is 328 g/mol. The molecule has 2 aromatic rings. The second-order valence-corrected chi connectivity index (χ2v) is 6.51. The lowest BCUT2D eigenvalue weighted by molar-refractivity contribution is 0.0787. The van der Waals surface area contributed by atoms with Crippen molar-refractivity contribution in [1.29, 1.82) is 0 Å². The van der Waals surface area contributed by atoms with Crippen molar-refractivity contribution >= 4 is 5.91 Å². The number of hydrogen-bond donors (Lipinski definition) is 0. The van der Waals surface area contributed by atoms with Crippen LogP contribution in [0.15, 0.2) is 24.5 Å². The minimum absolute atomic E-state index is 0.0231. The highest BCUT2D eigenvalue weighted by Crippen LogP contribution is 2.33. The van der Waals surface area contributed by atoms with Crippen LogP contribution in [0.4, 0.5) is 0 Å². The Morgan fingerprint density at radius 1 is 1.29 bits per heavy atom. The first-order valence-corrected chi connectivity index (χ1v) is 8.22. The van der Waals surface area contributed by atoms with Crippen molar-refractivity contribution in [2.45, 2.75) is 32.2 Å². The number of benzene rings is 1. The number of rotatable bonds is 3. The molecule has 0 radical (unpaired) electrons. The van der Waals surface area contributed by atoms with E-state index < -0.39 is 0 Å². The lowest BCUT2D eigenvalue weighted by atomic mass is 10.1. The zero-order valence-corrected chi connectivity index (χ0v) is 13.8. The Labute approximate surface area is 140 Å². The highest BCUT2D eigenvalue weighted by molar-refractivity contribution is 5.95. The molecular formula is C17H20N4O3. The fourth-order valence-corrected chi connectivity index (χ4v) is 3.31. The van der Waals surface area contributed by atoms with Gasteiger partial charge in [0.2, 0.25) is 6.79 Å². The molecule has 0 bridgehead atoms. The third-order valence-corrected chi connectivity index (χ3v) is 4.58. The lowest BCUT2D eigenvalue weighted by Gasteiger charge is -2.18. The summed E-state index contributed by atoms with van der Waals surface area (Å²) in [5.74, 6) is 2.63. The molecule has 3 heterocycles. The Hall–Kier alpha value is -2.57. The summed E-state index contributed by atoms with van der Waals surface area (Å²) in [5, 5.41) is 8.24. The molecule has 1 atom stereocenters. The molecule has 1 amide bonds. The SMILES string of the molecule is CC(C)c1nncn1C1CCN(C(=O)c2ccc3c(c2)OCO3)C1. The molecule has 7 heteroatoms. The molecule has 0 aliphatic carbocycles. The van der Waals surface area contributed by atoms with Crippen LogP contribution in [0.25, 0.3) is 0 Å². The molecule has 2 aliphatic heterocycles. The summed E-state index contributed by atoms with van der Waals surface area (Å²) in [5.41, 5.74) is 0.632. The van der Waals surface area contributed by atoms with E-state index in [0.717, 1.165) is 18.8 Å². The van der Waals surface area contributed by atoms with E-state index in [-0.39, 0.29) is 18.7 Å². The van der Waals surface area contributed by atoms with Crippen LogP contribution in [-0.4, -0.2) is 45.5 Å². The van der Waals surface area contributed by atoms with Gasteiger partial charge >= 0.3 is 0 Å². The Bertz CT molecular complexity index is 771. The number of carbonyl (C=O) groups excluding carboxylic acids is 1. The van der Waals surface area contributed by atoms with E-state index in [1.807, 2.05) is 4.90 Å². The second kappa shape index (κ2) is 5.81. The summed E-state index contributed by atoms with van der Waals surface area (Å²) in [7, 11) is 0. The fraction of sp³-hybridized carbons (Fsp3) is 0.471. The van der Waals surface area contributed by atoms with Crippen molar-refractivity contribution in [3.8, 4) is 11.5 Å². The van der Waals surface area contributed by atoms with Crippen molar-refractivity contribution in [2.75, 3.05) is 19.9 Å². The maximum Gasteiger partial charge on any atom is 0.254 e. The molecule has 1 saturated heterocycles. The molecule has 2 aliphatic rings. The third kappa shape index (κ3) is 2.50. The van der Waals surface area contributed by atoms with Gasteiger partial charge in [0, 0.05) is 24.6 Å². The topological polar surface area (TPSA) is 69.5 Å². The van der Waals surface area contributed by atoms with Crippen LogP contribution in [0.5, 0.6) is 11.5 Å². The standard InChI is InChI=1S/C17H20N4O3/c1-11(2)16-19-18-9-21(16)13-5-6-20(8-13)17(22)12-3-4-14-15(7-12)24-10-23-14/h3-4,7,9,11,13H,5-6,8,10H2,1-2H3. The van der Waals surface area contributed by atoms with Crippen molar-refractivity contribution in [3.63, 3.8) is 0 Å². The van der Waals surface area contributed by atoms with Crippen LogP contribution in [0.2, 0.25) is 0 Å². The first-order chi connectivity index (χ1) is 11.6. The van der Waals surface area contributed by atoms with Gasteiger partial charge in [-0.1, -0.05) is 13.8 Å². The summed E-state index contributed by atoms with van der Waals surface area (Å²) in [6, 6.07) is 5.58. The molecule has 1 unspecified atom stereocenters. The fourth-order valence-electron chi connectivity index (χ4n) is 3.31. The smallest absolute Gasteiger partial charge is 0.254 e. The number of nitrogens with zero attached hydrogens (tertiary/aromatic N) is 4. The summed E-state index contributed by atoms with van der Waals surface area (Å²) in [6.45, 7) is 5.82. The molecule has 1 aromatic heterocycles. The highest BCUT2D eigenvalue weighted by Gasteiger charge is 2.30. The molecule has 1 fully saturated rings. The van der Waals surface area contributed by atoms with Crippen LogP contribution in [0.1, 0.15) is 48.4 Å². The van der Waals surface area contributed by atoms with Gasteiger partial charge < -0.3 is 18.9 Å². The van der Waals surface area contributed by atoms with Gasteiger partial charge in [0.05, 0.1) is 6.04 Å². The first kappa shape index (κ1) is 15.0. The predicted molar refractivity (Wildman–Crippen MR) is 86.2 cm³/mol. The summed E-state index contributed by atoms with van der Waals surface area (Å²) < 4.78 is 12.8. The zero-order valence-electron chi connectivity index (χ0n) is 13.8. The number of hydrogen-bond acceptors (Lipinski definition) is 5. The number of ether oxygens (including phenoxy) is 2. The Morgan fingerprint density at radius 3 is 2.96 bits per heavy atom. The van der Waals surface area contributed by atoms with Gasteiger partial charge in [-0.2, -0.15) is 0 Å². The number of amides is 1. The third-order valence-electron chi connectivity index (χ3n) is 4.58. The van der Waals surface area contributed by atoms with Crippen LogP contribution in [-0.2, 0) is 0 Å². The van der Waals surface area contributed by atoms with E-state index in [1.54, 1.807) is 24.5 Å². The highest BCUT2D eigenvalue weighted by atomic mass is 16.7. The van der Waals surface area contributed by atoms with E-state index >= 15 is 0 Å². The number of aromatic nitrogens is 3. The van der Waals surface area contributed by atoms with Gasteiger partial charge in [0.25, 0.3) is 5.91 Å². The Kier molecular flexibility index (Phi) is 3.63. The lowest BCUT2D eigenvalue weighted by Crippen LogP contribution is -2.29. The quantitative estimate of drug-likeness (QED) is 0.864. The minimum atomic E-state index is 0.0231. The maximum absolute atomic E-state index is 12.8. The molecule has 0 saturated carbocycles. The van der Waals surface area contributed by atoms with E-state index in [0.29, 0.717) is 29.5 Å². The molecule has 0 spiro atoms. The van der Waals surface area contributed by atoms with E-state index in [9.17, 15) is 4.79 Å². The van der Waals surface area contributed by atoms with Gasteiger partial charge in [-0.25, -0.2) is 0 Å². The molecule has 24 heavy (non-hydrogen) atoms. The molecular weight excluding hydrogens is 308 g/mol. The van der Waals surface area contributed by atoms with Crippen LogP contribution in [0.3, 0.4) is 0 Å². The molecule has 126 valence electrons. The minimum Gasteiger partial charge on any atom is -0.454 e. The van der Waals surface area contributed by atoms with Crippen molar-refractivity contribution in [3.05, 3.63) is 35.9 Å². The summed E-state index contributed by atoms with van der Waals surface area (Å²) >= 11 is 0. The van der Waals surface area contributed by atoms with Crippen molar-refractivity contribution in [2.24, 2.45) is 0 Å². The van der Waals surface area contributed by atoms with Gasteiger partial charge in [0.15, 0.2) is 11.5 Å².